The van der Waals surface area contributed by atoms with E-state index >= 15 is 0 Å². The fourth-order valence-corrected chi connectivity index (χ4v) is 3.16. The van der Waals surface area contributed by atoms with Crippen molar-refractivity contribution in [2.75, 3.05) is 19.7 Å². The van der Waals surface area contributed by atoms with Gasteiger partial charge in [0.1, 0.15) is 6.04 Å². The average Bonchev–Trinajstić information content (AvgIpc) is 2.99. The zero-order chi connectivity index (χ0) is 16.7. The van der Waals surface area contributed by atoms with Gasteiger partial charge < -0.3 is 15.3 Å². The molecule has 2 unspecified atom stereocenters. The lowest BCUT2D eigenvalue weighted by atomic mass is 9.96. The number of hydrogen-bond acceptors (Lipinski definition) is 3. The molecular weight excluding hydrogens is 292 g/mol. The van der Waals surface area contributed by atoms with E-state index in [1.807, 2.05) is 37.3 Å². The fourth-order valence-electron chi connectivity index (χ4n) is 3.16. The number of nitrogens with one attached hydrogen (secondary N) is 1. The zero-order valence-electron chi connectivity index (χ0n) is 13.7. The lowest BCUT2D eigenvalue weighted by Gasteiger charge is -2.27. The Hall–Kier alpha value is -1.88. The van der Waals surface area contributed by atoms with Crippen molar-refractivity contribution >= 4 is 11.8 Å². The quantitative estimate of drug-likeness (QED) is 0.766. The van der Waals surface area contributed by atoms with Crippen LogP contribution in [0.15, 0.2) is 30.3 Å². The maximum absolute atomic E-state index is 12.5. The van der Waals surface area contributed by atoms with Crippen LogP contribution in [-0.2, 0) is 9.59 Å². The molecule has 1 aliphatic heterocycles. The van der Waals surface area contributed by atoms with E-state index in [9.17, 15) is 14.7 Å². The Bertz CT molecular complexity index is 518. The summed E-state index contributed by atoms with van der Waals surface area (Å²) in [7, 11) is 0. The highest BCUT2D eigenvalue weighted by Gasteiger charge is 2.31. The van der Waals surface area contributed by atoms with Crippen molar-refractivity contribution in [3.8, 4) is 0 Å². The molecule has 1 fully saturated rings. The van der Waals surface area contributed by atoms with Crippen molar-refractivity contribution < 1.29 is 14.7 Å². The molecule has 5 nitrogen and oxygen atoms in total. The molecule has 1 heterocycles. The number of amides is 2. The topological polar surface area (TPSA) is 69.6 Å². The Morgan fingerprint density at radius 2 is 2.09 bits per heavy atom. The molecule has 2 atom stereocenters. The summed E-state index contributed by atoms with van der Waals surface area (Å²) in [5.74, 6) is 0.0560. The minimum atomic E-state index is -0.379. The molecule has 0 radical (unpaired) electrons. The Labute approximate surface area is 137 Å². The van der Waals surface area contributed by atoms with Crippen LogP contribution in [-0.4, -0.2) is 47.6 Å². The Kier molecular flexibility index (Phi) is 6.59. The van der Waals surface area contributed by atoms with Crippen LogP contribution in [0.4, 0.5) is 0 Å². The van der Waals surface area contributed by atoms with E-state index in [1.54, 1.807) is 4.90 Å². The van der Waals surface area contributed by atoms with E-state index in [2.05, 4.69) is 5.32 Å². The number of benzene rings is 1. The molecule has 5 heteroatoms. The molecule has 1 aromatic rings. The van der Waals surface area contributed by atoms with Gasteiger partial charge in [0.2, 0.25) is 11.8 Å². The molecule has 126 valence electrons. The molecule has 0 aromatic heterocycles. The van der Waals surface area contributed by atoms with Gasteiger partial charge in [-0.25, -0.2) is 0 Å². The van der Waals surface area contributed by atoms with Crippen molar-refractivity contribution in [3.05, 3.63) is 35.9 Å². The predicted octanol–water partition coefficient (Wildman–Crippen LogP) is 1.67. The van der Waals surface area contributed by atoms with Crippen LogP contribution < -0.4 is 5.32 Å². The molecule has 23 heavy (non-hydrogen) atoms. The summed E-state index contributed by atoms with van der Waals surface area (Å²) in [5, 5.41) is 12.2. The normalized spacial score (nSPS) is 17.1. The van der Waals surface area contributed by atoms with Crippen LogP contribution >= 0.6 is 0 Å². The molecule has 0 spiro atoms. The predicted molar refractivity (Wildman–Crippen MR) is 88.9 cm³/mol. The van der Waals surface area contributed by atoms with Gasteiger partial charge in [0.25, 0.3) is 0 Å². The van der Waals surface area contributed by atoms with E-state index in [4.69, 9.17) is 0 Å². The van der Waals surface area contributed by atoms with E-state index in [1.165, 1.54) is 0 Å². The van der Waals surface area contributed by atoms with Crippen LogP contribution in [0, 0.1) is 0 Å². The van der Waals surface area contributed by atoms with Gasteiger partial charge in [-0.15, -0.1) is 0 Å². The van der Waals surface area contributed by atoms with Crippen molar-refractivity contribution in [2.45, 2.75) is 44.6 Å². The lowest BCUT2D eigenvalue weighted by Crippen LogP contribution is -2.48. The first-order chi connectivity index (χ1) is 11.2. The number of likely N-dealkylation sites (tertiary alicyclic amines) is 1. The highest BCUT2D eigenvalue weighted by Crippen LogP contribution is 2.19. The molecule has 1 saturated heterocycles. The first-order valence-electron chi connectivity index (χ1n) is 8.40. The molecular formula is C18H26N2O3. The third kappa shape index (κ3) is 4.55. The largest absolute Gasteiger partial charge is 0.396 e. The number of hydrogen-bond donors (Lipinski definition) is 2. The van der Waals surface area contributed by atoms with Gasteiger partial charge in [-0.2, -0.15) is 0 Å². The first kappa shape index (κ1) is 17.5. The fraction of sp³-hybridized carbons (Fsp3) is 0.556. The Balaban J connectivity index is 1.96. The molecule has 0 bridgehead atoms. The monoisotopic (exact) mass is 318 g/mol. The second-order valence-corrected chi connectivity index (χ2v) is 5.98. The standard InChI is InChI=1S/C18H26N2O3/c1-2-16(20-11-6-9-17(20)22)18(23)19-13-15(10-12-21)14-7-4-3-5-8-14/h3-5,7-8,15-16,21H,2,6,9-13H2,1H3,(H,19,23). The van der Waals surface area contributed by atoms with Crippen LogP contribution in [0.5, 0.6) is 0 Å². The van der Waals surface area contributed by atoms with Crippen LogP contribution in [0.3, 0.4) is 0 Å². The van der Waals surface area contributed by atoms with Gasteiger partial charge in [0, 0.05) is 32.0 Å². The number of aliphatic hydroxyl groups is 1. The Morgan fingerprint density at radius 3 is 2.65 bits per heavy atom. The average molecular weight is 318 g/mol. The van der Waals surface area contributed by atoms with Gasteiger partial charge in [-0.05, 0) is 24.8 Å². The second kappa shape index (κ2) is 8.67. The van der Waals surface area contributed by atoms with Crippen molar-refractivity contribution in [2.24, 2.45) is 0 Å². The van der Waals surface area contributed by atoms with Crippen LogP contribution in [0.2, 0.25) is 0 Å². The number of aliphatic hydroxyl groups excluding tert-OH is 1. The first-order valence-corrected chi connectivity index (χ1v) is 8.40. The summed E-state index contributed by atoms with van der Waals surface area (Å²) in [5.41, 5.74) is 1.10. The summed E-state index contributed by atoms with van der Waals surface area (Å²) in [6, 6.07) is 9.50. The molecule has 2 N–H and O–H groups in total. The van der Waals surface area contributed by atoms with E-state index in [-0.39, 0.29) is 30.4 Å². The van der Waals surface area contributed by atoms with E-state index < -0.39 is 0 Å². The van der Waals surface area contributed by atoms with Gasteiger partial charge in [-0.1, -0.05) is 37.3 Å². The third-order valence-electron chi connectivity index (χ3n) is 4.45. The van der Waals surface area contributed by atoms with Crippen molar-refractivity contribution in [1.82, 2.24) is 10.2 Å². The maximum Gasteiger partial charge on any atom is 0.242 e. The summed E-state index contributed by atoms with van der Waals surface area (Å²) < 4.78 is 0. The van der Waals surface area contributed by atoms with Gasteiger partial charge in [0.05, 0.1) is 0 Å². The van der Waals surface area contributed by atoms with E-state index in [0.29, 0.717) is 32.4 Å². The summed E-state index contributed by atoms with van der Waals surface area (Å²) in [6.07, 6.45) is 2.60. The van der Waals surface area contributed by atoms with Crippen molar-refractivity contribution in [3.63, 3.8) is 0 Å². The van der Waals surface area contributed by atoms with Gasteiger partial charge in [0.15, 0.2) is 0 Å². The van der Waals surface area contributed by atoms with Crippen molar-refractivity contribution in [1.29, 1.82) is 0 Å². The molecule has 0 saturated carbocycles. The third-order valence-corrected chi connectivity index (χ3v) is 4.45. The highest BCUT2D eigenvalue weighted by atomic mass is 16.3. The van der Waals surface area contributed by atoms with Crippen LogP contribution in [0.1, 0.15) is 44.1 Å². The molecule has 0 aliphatic carbocycles. The SMILES string of the molecule is CCC(C(=O)NCC(CCO)c1ccccc1)N1CCCC1=O. The summed E-state index contributed by atoms with van der Waals surface area (Å²) >= 11 is 0. The van der Waals surface area contributed by atoms with Gasteiger partial charge in [-0.3, -0.25) is 9.59 Å². The lowest BCUT2D eigenvalue weighted by molar-refractivity contribution is -0.137. The van der Waals surface area contributed by atoms with Crippen LogP contribution in [0.25, 0.3) is 0 Å². The number of carbonyl (C=O) groups excluding carboxylic acids is 2. The number of carbonyl (C=O) groups is 2. The summed E-state index contributed by atoms with van der Waals surface area (Å²) in [4.78, 5) is 26.0. The minimum Gasteiger partial charge on any atom is -0.396 e. The summed E-state index contributed by atoms with van der Waals surface area (Å²) in [6.45, 7) is 3.15. The van der Waals surface area contributed by atoms with E-state index in [0.717, 1.165) is 12.0 Å². The smallest absolute Gasteiger partial charge is 0.242 e. The second-order valence-electron chi connectivity index (χ2n) is 5.98. The Morgan fingerprint density at radius 1 is 1.35 bits per heavy atom. The number of nitrogens with zero attached hydrogens (tertiary/aromatic N) is 1. The molecule has 2 amide bonds. The highest BCUT2D eigenvalue weighted by molar-refractivity contribution is 5.88. The molecule has 2 rings (SSSR count). The molecule has 1 aliphatic rings. The maximum atomic E-state index is 12.5. The molecule has 1 aromatic carbocycles. The minimum absolute atomic E-state index is 0.0713. The number of rotatable bonds is 8. The van der Waals surface area contributed by atoms with Gasteiger partial charge >= 0.3 is 0 Å². The zero-order valence-corrected chi connectivity index (χ0v) is 13.7.